The smallest absolute Gasteiger partial charge is 0.165 e. The molecule has 0 atom stereocenters. The molecule has 0 radical (unpaired) electrons. The third-order valence-corrected chi connectivity index (χ3v) is 4.51. The molecule has 1 aromatic carbocycles. The van der Waals surface area contributed by atoms with Crippen LogP contribution in [-0.4, -0.2) is 19.8 Å². The van der Waals surface area contributed by atoms with Crippen molar-refractivity contribution in [1.29, 1.82) is 0 Å². The first-order valence-electron chi connectivity index (χ1n) is 8.47. The monoisotopic (exact) mass is 361 g/mol. The molecule has 2 rings (SSSR count). The molecule has 1 aliphatic rings. The molecule has 1 saturated carbocycles. The highest BCUT2D eigenvalue weighted by molar-refractivity contribution is 6.30. The molecule has 132 valence electrons. The molecular weight excluding hydrogens is 333 g/mol. The number of halogens is 2. The largest absolute Gasteiger partial charge is 0.493 e. The van der Waals surface area contributed by atoms with Crippen LogP contribution >= 0.6 is 24.0 Å². The first kappa shape index (κ1) is 20.4. The third-order valence-electron chi connectivity index (χ3n) is 4.29. The van der Waals surface area contributed by atoms with Crippen molar-refractivity contribution >= 4 is 24.0 Å². The lowest BCUT2D eigenvalue weighted by molar-refractivity contribution is 0.305. The summed E-state index contributed by atoms with van der Waals surface area (Å²) in [7, 11) is 1.65. The van der Waals surface area contributed by atoms with Gasteiger partial charge in [-0.3, -0.25) is 0 Å². The molecule has 1 N–H and O–H groups in total. The van der Waals surface area contributed by atoms with Gasteiger partial charge in [-0.25, -0.2) is 0 Å². The van der Waals surface area contributed by atoms with Crippen LogP contribution in [-0.2, 0) is 6.54 Å². The molecule has 1 fully saturated rings. The number of rotatable bonds is 6. The van der Waals surface area contributed by atoms with Gasteiger partial charge in [0.25, 0.3) is 0 Å². The van der Waals surface area contributed by atoms with Gasteiger partial charge >= 0.3 is 0 Å². The van der Waals surface area contributed by atoms with Gasteiger partial charge in [0.1, 0.15) is 0 Å². The van der Waals surface area contributed by atoms with E-state index in [2.05, 4.69) is 5.32 Å². The summed E-state index contributed by atoms with van der Waals surface area (Å²) in [6, 6.07) is 4.39. The molecule has 0 bridgehead atoms. The summed E-state index contributed by atoms with van der Waals surface area (Å²) >= 11 is 6.21. The molecule has 23 heavy (non-hydrogen) atoms. The Morgan fingerprint density at radius 3 is 2.39 bits per heavy atom. The van der Waals surface area contributed by atoms with E-state index >= 15 is 0 Å². The first-order valence-corrected chi connectivity index (χ1v) is 8.85. The van der Waals surface area contributed by atoms with E-state index in [1.165, 1.54) is 44.9 Å². The van der Waals surface area contributed by atoms with E-state index in [0.29, 0.717) is 23.4 Å². The highest BCUT2D eigenvalue weighted by atomic mass is 35.5. The maximum atomic E-state index is 6.21. The molecule has 0 saturated heterocycles. The summed E-state index contributed by atoms with van der Waals surface area (Å²) in [4.78, 5) is 0. The summed E-state index contributed by atoms with van der Waals surface area (Å²) in [5, 5.41) is 4.38. The van der Waals surface area contributed by atoms with Crippen molar-refractivity contribution in [2.75, 3.05) is 13.7 Å². The van der Waals surface area contributed by atoms with Crippen LogP contribution in [0.4, 0.5) is 0 Å². The zero-order chi connectivity index (χ0) is 15.8. The van der Waals surface area contributed by atoms with Gasteiger partial charge in [0.05, 0.1) is 13.7 Å². The Kier molecular flexibility index (Phi) is 9.77. The highest BCUT2D eigenvalue weighted by Crippen LogP contribution is 2.35. The lowest BCUT2D eigenvalue weighted by Crippen LogP contribution is -2.29. The van der Waals surface area contributed by atoms with Crippen molar-refractivity contribution in [2.45, 2.75) is 64.5 Å². The molecule has 0 amide bonds. The fourth-order valence-electron chi connectivity index (χ4n) is 3.13. The van der Waals surface area contributed by atoms with E-state index in [-0.39, 0.29) is 12.4 Å². The molecule has 0 spiro atoms. The van der Waals surface area contributed by atoms with Crippen molar-refractivity contribution in [3.05, 3.63) is 22.7 Å². The summed E-state index contributed by atoms with van der Waals surface area (Å²) in [5.41, 5.74) is 1.08. The fraction of sp³-hybridized carbons (Fsp3) is 0.667. The van der Waals surface area contributed by atoms with E-state index in [1.54, 1.807) is 7.11 Å². The van der Waals surface area contributed by atoms with Crippen LogP contribution in [0.15, 0.2) is 12.1 Å². The van der Waals surface area contributed by atoms with Crippen molar-refractivity contribution in [3.63, 3.8) is 0 Å². The van der Waals surface area contributed by atoms with Crippen LogP contribution in [0.1, 0.15) is 57.4 Å². The molecule has 1 aromatic rings. The van der Waals surface area contributed by atoms with Crippen LogP contribution in [0.2, 0.25) is 5.02 Å². The van der Waals surface area contributed by atoms with Crippen LogP contribution in [0.3, 0.4) is 0 Å². The number of benzene rings is 1. The molecular formula is C18H29Cl2NO2. The average Bonchev–Trinajstić information content (AvgIpc) is 2.48. The second kappa shape index (κ2) is 11.0. The summed E-state index contributed by atoms with van der Waals surface area (Å²) in [6.45, 7) is 3.38. The summed E-state index contributed by atoms with van der Waals surface area (Å²) in [6.07, 6.45) is 9.32. The van der Waals surface area contributed by atoms with Crippen LogP contribution in [0, 0.1) is 0 Å². The van der Waals surface area contributed by atoms with Gasteiger partial charge in [-0.2, -0.15) is 0 Å². The van der Waals surface area contributed by atoms with Gasteiger partial charge in [-0.05, 0) is 25.8 Å². The second-order valence-corrected chi connectivity index (χ2v) is 6.39. The predicted molar refractivity (Wildman–Crippen MR) is 99.4 cm³/mol. The minimum absolute atomic E-state index is 0. The lowest BCUT2D eigenvalue weighted by Gasteiger charge is -2.22. The predicted octanol–water partition coefficient (Wildman–Crippen LogP) is 5.37. The number of hydrogen-bond acceptors (Lipinski definition) is 3. The summed E-state index contributed by atoms with van der Waals surface area (Å²) < 4.78 is 11.2. The second-order valence-electron chi connectivity index (χ2n) is 5.95. The maximum absolute atomic E-state index is 6.21. The Bertz CT molecular complexity index is 461. The van der Waals surface area contributed by atoms with Gasteiger partial charge in [0.15, 0.2) is 11.5 Å². The Labute approximate surface area is 151 Å². The normalized spacial score (nSPS) is 16.1. The van der Waals surface area contributed by atoms with E-state index in [0.717, 1.165) is 17.9 Å². The standard InChI is InChI=1S/C18H28ClNO2.ClH/c1-3-22-18-14(11-15(19)12-17(18)21-2)13-20-16-9-7-5-4-6-8-10-16;/h11-12,16,20H,3-10,13H2,1-2H3;1H. The maximum Gasteiger partial charge on any atom is 0.165 e. The summed E-state index contributed by atoms with van der Waals surface area (Å²) in [5.74, 6) is 1.52. The molecule has 0 heterocycles. The number of methoxy groups -OCH3 is 1. The molecule has 0 unspecified atom stereocenters. The highest BCUT2D eigenvalue weighted by Gasteiger charge is 2.15. The van der Waals surface area contributed by atoms with Gasteiger partial charge in [0, 0.05) is 29.2 Å². The Balaban J connectivity index is 0.00000264. The van der Waals surface area contributed by atoms with Gasteiger partial charge in [0.2, 0.25) is 0 Å². The number of ether oxygens (including phenoxy) is 2. The van der Waals surface area contributed by atoms with E-state index in [9.17, 15) is 0 Å². The van der Waals surface area contributed by atoms with Crippen LogP contribution in [0.5, 0.6) is 11.5 Å². The molecule has 0 aromatic heterocycles. The minimum Gasteiger partial charge on any atom is -0.493 e. The zero-order valence-electron chi connectivity index (χ0n) is 14.2. The van der Waals surface area contributed by atoms with Gasteiger partial charge in [-0.15, -0.1) is 12.4 Å². The molecule has 1 aliphatic carbocycles. The van der Waals surface area contributed by atoms with Crippen molar-refractivity contribution < 1.29 is 9.47 Å². The lowest BCUT2D eigenvalue weighted by atomic mass is 9.96. The fourth-order valence-corrected chi connectivity index (χ4v) is 3.36. The average molecular weight is 362 g/mol. The molecule has 3 nitrogen and oxygen atoms in total. The Hall–Kier alpha value is -0.640. The van der Waals surface area contributed by atoms with Crippen molar-refractivity contribution in [3.8, 4) is 11.5 Å². The van der Waals surface area contributed by atoms with E-state index < -0.39 is 0 Å². The SMILES string of the molecule is CCOc1c(CNC2CCCCCCC2)cc(Cl)cc1OC.Cl. The molecule has 5 heteroatoms. The number of nitrogens with one attached hydrogen (secondary N) is 1. The number of hydrogen-bond donors (Lipinski definition) is 1. The van der Waals surface area contributed by atoms with E-state index in [1.807, 2.05) is 19.1 Å². The Morgan fingerprint density at radius 2 is 1.78 bits per heavy atom. The van der Waals surface area contributed by atoms with Gasteiger partial charge in [-0.1, -0.05) is 43.7 Å². The molecule has 0 aliphatic heterocycles. The first-order chi connectivity index (χ1) is 10.7. The van der Waals surface area contributed by atoms with Crippen molar-refractivity contribution in [2.24, 2.45) is 0 Å². The van der Waals surface area contributed by atoms with Crippen LogP contribution in [0.25, 0.3) is 0 Å². The third kappa shape index (κ3) is 6.40. The van der Waals surface area contributed by atoms with Gasteiger partial charge < -0.3 is 14.8 Å². The van der Waals surface area contributed by atoms with Crippen molar-refractivity contribution in [1.82, 2.24) is 5.32 Å². The van der Waals surface area contributed by atoms with Crippen LogP contribution < -0.4 is 14.8 Å². The van der Waals surface area contributed by atoms with E-state index in [4.69, 9.17) is 21.1 Å². The quantitative estimate of drug-likeness (QED) is 0.738. The Morgan fingerprint density at radius 1 is 1.13 bits per heavy atom. The minimum atomic E-state index is 0. The topological polar surface area (TPSA) is 30.5 Å². The zero-order valence-corrected chi connectivity index (χ0v) is 15.8.